The summed E-state index contributed by atoms with van der Waals surface area (Å²) in [5.74, 6) is 0. The first-order valence-corrected chi connectivity index (χ1v) is 5.69. The zero-order chi connectivity index (χ0) is 13.4. The Kier molecular flexibility index (Phi) is 9.78. The van der Waals surface area contributed by atoms with E-state index in [4.69, 9.17) is 23.2 Å². The van der Waals surface area contributed by atoms with Gasteiger partial charge in [-0.25, -0.2) is 0 Å². The van der Waals surface area contributed by atoms with Crippen LogP contribution in [0.4, 0.5) is 13.2 Å². The molecule has 0 bridgehead atoms. The lowest BCUT2D eigenvalue weighted by Gasteiger charge is -2.07. The van der Waals surface area contributed by atoms with Crippen molar-refractivity contribution in [2.45, 2.75) is 33.9 Å². The maximum atomic E-state index is 12.1. The molecule has 0 amide bonds. The number of halogens is 5. The number of benzene rings is 1. The Morgan fingerprint density at radius 2 is 1.38 bits per heavy atom. The Labute approximate surface area is 104 Å². The van der Waals surface area contributed by atoms with E-state index in [0.29, 0.717) is 0 Å². The maximum absolute atomic E-state index is 12.1. The Morgan fingerprint density at radius 1 is 0.938 bits per heavy atom. The van der Waals surface area contributed by atoms with Gasteiger partial charge in [0.15, 0.2) is 0 Å². The molecule has 1 aromatic carbocycles. The number of hydrogen-bond acceptors (Lipinski definition) is 0. The average molecular weight is 275 g/mol. The molecule has 5 heteroatoms. The van der Waals surface area contributed by atoms with Crippen LogP contribution in [0.3, 0.4) is 0 Å². The third-order valence-corrected chi connectivity index (χ3v) is 1.78. The van der Waals surface area contributed by atoms with E-state index < -0.39 is 11.7 Å². The van der Waals surface area contributed by atoms with E-state index in [9.17, 15) is 13.2 Å². The molecule has 0 unspecified atom stereocenters. The SMILES string of the molecule is CC.CC.FC(F)(F)c1ccc(Cl)cc1Cl. The largest absolute Gasteiger partial charge is 0.417 e. The van der Waals surface area contributed by atoms with Crippen molar-refractivity contribution in [1.82, 2.24) is 0 Å². The van der Waals surface area contributed by atoms with Crippen LogP contribution >= 0.6 is 23.2 Å². The minimum absolute atomic E-state index is 0.188. The lowest BCUT2D eigenvalue weighted by molar-refractivity contribution is -0.137. The van der Waals surface area contributed by atoms with Gasteiger partial charge < -0.3 is 0 Å². The first-order valence-electron chi connectivity index (χ1n) is 4.93. The van der Waals surface area contributed by atoms with Gasteiger partial charge in [0.25, 0.3) is 0 Å². The fourth-order valence-electron chi connectivity index (χ4n) is 0.719. The van der Waals surface area contributed by atoms with Crippen molar-refractivity contribution in [3.63, 3.8) is 0 Å². The summed E-state index contributed by atoms with van der Waals surface area (Å²) in [6.07, 6.45) is -4.42. The molecule has 0 fully saturated rings. The number of hydrogen-bond donors (Lipinski definition) is 0. The van der Waals surface area contributed by atoms with E-state index in [1.807, 2.05) is 27.7 Å². The Morgan fingerprint density at radius 3 is 1.69 bits per heavy atom. The topological polar surface area (TPSA) is 0 Å². The number of rotatable bonds is 0. The molecule has 0 aliphatic rings. The molecule has 0 radical (unpaired) electrons. The van der Waals surface area contributed by atoms with Gasteiger partial charge in [-0.15, -0.1) is 0 Å². The zero-order valence-electron chi connectivity index (χ0n) is 9.62. The van der Waals surface area contributed by atoms with Gasteiger partial charge in [0, 0.05) is 5.02 Å². The van der Waals surface area contributed by atoms with Gasteiger partial charge in [-0.2, -0.15) is 13.2 Å². The average Bonchev–Trinajstić information content (AvgIpc) is 2.21. The van der Waals surface area contributed by atoms with Gasteiger partial charge in [0.05, 0.1) is 10.6 Å². The highest BCUT2D eigenvalue weighted by Gasteiger charge is 2.32. The van der Waals surface area contributed by atoms with Crippen LogP contribution < -0.4 is 0 Å². The van der Waals surface area contributed by atoms with Gasteiger partial charge in [0.1, 0.15) is 0 Å². The minimum atomic E-state index is -4.42. The van der Waals surface area contributed by atoms with Crippen LogP contribution in [0.5, 0.6) is 0 Å². The highest BCUT2D eigenvalue weighted by Crippen LogP contribution is 2.35. The van der Waals surface area contributed by atoms with Gasteiger partial charge in [-0.1, -0.05) is 50.9 Å². The third-order valence-electron chi connectivity index (χ3n) is 1.24. The molecule has 0 aliphatic heterocycles. The van der Waals surface area contributed by atoms with Crippen LogP contribution in [-0.2, 0) is 6.18 Å². The smallest absolute Gasteiger partial charge is 0.166 e. The normalized spacial score (nSPS) is 9.56. The first kappa shape index (κ1) is 18.0. The maximum Gasteiger partial charge on any atom is 0.417 e. The van der Waals surface area contributed by atoms with Crippen LogP contribution in [-0.4, -0.2) is 0 Å². The lowest BCUT2D eigenvalue weighted by Crippen LogP contribution is -2.05. The van der Waals surface area contributed by atoms with Gasteiger partial charge >= 0.3 is 6.18 Å². The fourth-order valence-corrected chi connectivity index (χ4v) is 1.24. The van der Waals surface area contributed by atoms with E-state index in [2.05, 4.69) is 0 Å². The van der Waals surface area contributed by atoms with Crippen molar-refractivity contribution in [2.75, 3.05) is 0 Å². The molecule has 0 N–H and O–H groups in total. The molecule has 0 atom stereocenters. The second kappa shape index (κ2) is 8.71. The van der Waals surface area contributed by atoms with Crippen LogP contribution in [0.1, 0.15) is 33.3 Å². The molecular weight excluding hydrogens is 260 g/mol. The van der Waals surface area contributed by atoms with E-state index in [0.717, 1.165) is 18.2 Å². The molecule has 0 saturated carbocycles. The van der Waals surface area contributed by atoms with Crippen molar-refractivity contribution >= 4 is 23.2 Å². The summed E-state index contributed by atoms with van der Waals surface area (Å²) < 4.78 is 36.2. The summed E-state index contributed by atoms with van der Waals surface area (Å²) in [6.45, 7) is 8.00. The molecule has 0 heterocycles. The van der Waals surface area contributed by atoms with Crippen molar-refractivity contribution < 1.29 is 13.2 Å². The second-order valence-corrected chi connectivity index (χ2v) is 2.97. The Bertz CT molecular complexity index is 296. The van der Waals surface area contributed by atoms with E-state index in [1.165, 1.54) is 0 Å². The van der Waals surface area contributed by atoms with Crippen molar-refractivity contribution in [3.8, 4) is 0 Å². The molecular formula is C11H15Cl2F3. The lowest BCUT2D eigenvalue weighted by atomic mass is 10.2. The predicted octanol–water partition coefficient (Wildman–Crippen LogP) is 6.06. The summed E-state index contributed by atoms with van der Waals surface area (Å²) in [7, 11) is 0. The van der Waals surface area contributed by atoms with Gasteiger partial charge in [-0.05, 0) is 18.2 Å². The van der Waals surface area contributed by atoms with Gasteiger partial charge in [-0.3, -0.25) is 0 Å². The standard InChI is InChI=1S/C7H3Cl2F3.2C2H6/c8-4-1-2-5(6(9)3-4)7(10,11)12;2*1-2/h1-3H;2*1-2H3. The fraction of sp³-hybridized carbons (Fsp3) is 0.455. The zero-order valence-corrected chi connectivity index (χ0v) is 11.1. The second-order valence-electron chi connectivity index (χ2n) is 2.12. The molecule has 0 aliphatic carbocycles. The predicted molar refractivity (Wildman–Crippen MR) is 64.2 cm³/mol. The van der Waals surface area contributed by atoms with Crippen LogP contribution in [0.2, 0.25) is 10.0 Å². The molecule has 16 heavy (non-hydrogen) atoms. The van der Waals surface area contributed by atoms with Crippen molar-refractivity contribution in [3.05, 3.63) is 33.8 Å². The summed E-state index contributed by atoms with van der Waals surface area (Å²) in [4.78, 5) is 0. The van der Waals surface area contributed by atoms with Crippen molar-refractivity contribution in [1.29, 1.82) is 0 Å². The summed E-state index contributed by atoms with van der Waals surface area (Å²) >= 11 is 10.7. The van der Waals surface area contributed by atoms with Crippen LogP contribution in [0.15, 0.2) is 18.2 Å². The quantitative estimate of drug-likeness (QED) is 0.539. The monoisotopic (exact) mass is 274 g/mol. The molecule has 1 rings (SSSR count). The number of alkyl halides is 3. The highest BCUT2D eigenvalue weighted by atomic mass is 35.5. The summed E-state index contributed by atoms with van der Waals surface area (Å²) in [5.41, 5.74) is -0.867. The summed E-state index contributed by atoms with van der Waals surface area (Å²) in [5, 5.41) is -0.192. The van der Waals surface area contributed by atoms with Crippen molar-refractivity contribution in [2.24, 2.45) is 0 Å². The van der Waals surface area contributed by atoms with E-state index >= 15 is 0 Å². The van der Waals surface area contributed by atoms with Crippen LogP contribution in [0, 0.1) is 0 Å². The molecule has 0 spiro atoms. The van der Waals surface area contributed by atoms with Gasteiger partial charge in [0.2, 0.25) is 0 Å². The molecule has 1 aromatic rings. The Balaban J connectivity index is 0. The summed E-state index contributed by atoms with van der Waals surface area (Å²) in [6, 6.07) is 3.06. The Hall–Kier alpha value is -0.410. The molecule has 0 saturated heterocycles. The minimum Gasteiger partial charge on any atom is -0.166 e. The molecule has 0 aromatic heterocycles. The van der Waals surface area contributed by atoms with E-state index in [1.54, 1.807) is 0 Å². The first-order chi connectivity index (χ1) is 7.41. The highest BCUT2D eigenvalue weighted by molar-refractivity contribution is 6.35. The molecule has 0 nitrogen and oxygen atoms in total. The molecule has 94 valence electrons. The van der Waals surface area contributed by atoms with Crippen LogP contribution in [0.25, 0.3) is 0 Å². The third kappa shape index (κ3) is 6.23. The van der Waals surface area contributed by atoms with E-state index in [-0.39, 0.29) is 10.0 Å².